The molecule has 1 N–H and O–H groups in total. The van der Waals surface area contributed by atoms with Crippen LogP contribution in [-0.2, 0) is 0 Å². The monoisotopic (exact) mass is 212 g/mol. The van der Waals surface area contributed by atoms with E-state index in [1.807, 2.05) is 0 Å². The molecule has 0 aliphatic heterocycles. The molecule has 5 heteroatoms. The molecule has 0 bridgehead atoms. The molecule has 0 aliphatic carbocycles. The van der Waals surface area contributed by atoms with Crippen LogP contribution in [0, 0.1) is 5.82 Å². The summed E-state index contributed by atoms with van der Waals surface area (Å²) in [6.45, 7) is 0. The van der Waals surface area contributed by atoms with Crippen molar-refractivity contribution in [3.8, 4) is 5.06 Å². The number of halogens is 1. The minimum Gasteiger partial charge on any atom is -0.449 e. The lowest BCUT2D eigenvalue weighted by atomic mass is 10.2. The highest BCUT2D eigenvalue weighted by Gasteiger charge is 2.08. The highest BCUT2D eigenvalue weighted by Crippen LogP contribution is 2.33. The van der Waals surface area contributed by atoms with E-state index in [1.165, 1.54) is 12.1 Å². The van der Waals surface area contributed by atoms with E-state index in [4.69, 9.17) is 5.11 Å². The molecule has 72 valence electrons. The number of carbonyl (C=O) groups is 1. The second-order valence-electron chi connectivity index (χ2n) is 2.59. The molecule has 1 aromatic carbocycles. The fraction of sp³-hybridized carbons (Fsp3) is 0. The highest BCUT2D eigenvalue weighted by molar-refractivity contribution is 7.20. The number of carboxylic acid groups (broad SMARTS) is 1. The molecule has 0 saturated carbocycles. The molecule has 2 aromatic rings. The standard InChI is InChI=1S/C9H5FO3S/c10-6-3-1-2-5-4-7(13-9(11)12)14-8(5)6/h1-4H,(H,11,12). The van der Waals surface area contributed by atoms with Gasteiger partial charge in [-0.15, -0.1) is 0 Å². The Morgan fingerprint density at radius 1 is 1.50 bits per heavy atom. The van der Waals surface area contributed by atoms with Crippen LogP contribution in [0.5, 0.6) is 5.06 Å². The van der Waals surface area contributed by atoms with Crippen LogP contribution in [0.4, 0.5) is 9.18 Å². The van der Waals surface area contributed by atoms with E-state index in [9.17, 15) is 9.18 Å². The predicted molar refractivity (Wildman–Crippen MR) is 50.4 cm³/mol. The summed E-state index contributed by atoms with van der Waals surface area (Å²) in [5.74, 6) is -0.368. The molecule has 0 unspecified atom stereocenters. The minimum atomic E-state index is -1.39. The maximum Gasteiger partial charge on any atom is 0.512 e. The van der Waals surface area contributed by atoms with E-state index in [-0.39, 0.29) is 10.9 Å². The first-order valence-corrected chi connectivity index (χ1v) is 4.57. The van der Waals surface area contributed by atoms with Crippen LogP contribution in [0.3, 0.4) is 0 Å². The van der Waals surface area contributed by atoms with Gasteiger partial charge in [-0.1, -0.05) is 23.5 Å². The number of thiophene rings is 1. The van der Waals surface area contributed by atoms with Gasteiger partial charge in [0.1, 0.15) is 5.82 Å². The van der Waals surface area contributed by atoms with Crippen molar-refractivity contribution in [3.05, 3.63) is 30.1 Å². The van der Waals surface area contributed by atoms with E-state index >= 15 is 0 Å². The van der Waals surface area contributed by atoms with Gasteiger partial charge in [0, 0.05) is 6.07 Å². The van der Waals surface area contributed by atoms with E-state index in [0.717, 1.165) is 11.3 Å². The third-order valence-electron chi connectivity index (χ3n) is 1.66. The Bertz CT molecular complexity index is 492. The molecule has 0 radical (unpaired) electrons. The van der Waals surface area contributed by atoms with E-state index in [0.29, 0.717) is 10.1 Å². The zero-order valence-corrected chi connectivity index (χ0v) is 7.68. The first kappa shape index (κ1) is 8.96. The summed E-state index contributed by atoms with van der Waals surface area (Å²) in [6, 6.07) is 6.08. The quantitative estimate of drug-likeness (QED) is 0.739. The van der Waals surface area contributed by atoms with Crippen molar-refractivity contribution in [1.29, 1.82) is 0 Å². The van der Waals surface area contributed by atoms with Crippen LogP contribution < -0.4 is 4.74 Å². The topological polar surface area (TPSA) is 46.5 Å². The van der Waals surface area contributed by atoms with Crippen molar-refractivity contribution in [2.24, 2.45) is 0 Å². The Morgan fingerprint density at radius 2 is 2.29 bits per heavy atom. The lowest BCUT2D eigenvalue weighted by Crippen LogP contribution is -2.00. The number of benzene rings is 1. The molecule has 14 heavy (non-hydrogen) atoms. The molecular formula is C9H5FO3S. The van der Waals surface area contributed by atoms with Crippen molar-refractivity contribution >= 4 is 27.6 Å². The Morgan fingerprint density at radius 3 is 2.93 bits per heavy atom. The molecule has 0 saturated heterocycles. The molecule has 3 nitrogen and oxygen atoms in total. The summed E-state index contributed by atoms with van der Waals surface area (Å²) in [6.07, 6.45) is -1.39. The zero-order valence-electron chi connectivity index (χ0n) is 6.86. The van der Waals surface area contributed by atoms with Gasteiger partial charge in [0.05, 0.1) is 4.70 Å². The summed E-state index contributed by atoms with van der Waals surface area (Å²) in [4.78, 5) is 10.2. The second kappa shape index (κ2) is 3.26. The molecule has 1 aromatic heterocycles. The van der Waals surface area contributed by atoms with Gasteiger partial charge in [0.25, 0.3) is 0 Å². The van der Waals surface area contributed by atoms with Gasteiger partial charge < -0.3 is 9.84 Å². The van der Waals surface area contributed by atoms with Crippen molar-refractivity contribution in [2.75, 3.05) is 0 Å². The summed E-state index contributed by atoms with van der Waals surface area (Å²) < 4.78 is 18.0. The molecule has 0 amide bonds. The van der Waals surface area contributed by atoms with Crippen LogP contribution in [0.2, 0.25) is 0 Å². The summed E-state index contributed by atoms with van der Waals surface area (Å²) >= 11 is 0.974. The van der Waals surface area contributed by atoms with Gasteiger partial charge in [-0.25, -0.2) is 9.18 Å². The van der Waals surface area contributed by atoms with E-state index in [1.54, 1.807) is 12.1 Å². The number of hydrogen-bond acceptors (Lipinski definition) is 3. The largest absolute Gasteiger partial charge is 0.512 e. The van der Waals surface area contributed by atoms with Gasteiger partial charge in [0.15, 0.2) is 5.06 Å². The molecule has 0 fully saturated rings. The van der Waals surface area contributed by atoms with Gasteiger partial charge in [-0.3, -0.25) is 0 Å². The number of rotatable bonds is 1. The SMILES string of the molecule is O=C(O)Oc1cc2cccc(F)c2s1. The van der Waals surface area contributed by atoms with Crippen LogP contribution in [0.15, 0.2) is 24.3 Å². The summed E-state index contributed by atoms with van der Waals surface area (Å²) in [7, 11) is 0. The Hall–Kier alpha value is -1.62. The third-order valence-corrected chi connectivity index (χ3v) is 2.70. The number of fused-ring (bicyclic) bond motifs is 1. The van der Waals surface area contributed by atoms with Crippen LogP contribution in [0.25, 0.3) is 10.1 Å². The van der Waals surface area contributed by atoms with Crippen molar-refractivity contribution in [2.45, 2.75) is 0 Å². The van der Waals surface area contributed by atoms with Crippen molar-refractivity contribution in [1.82, 2.24) is 0 Å². The Balaban J connectivity index is 2.51. The average molecular weight is 212 g/mol. The maximum atomic E-state index is 13.1. The molecule has 0 spiro atoms. The molecule has 0 aliphatic rings. The average Bonchev–Trinajstić information content (AvgIpc) is 2.47. The first-order chi connectivity index (χ1) is 6.66. The van der Waals surface area contributed by atoms with Crippen molar-refractivity contribution in [3.63, 3.8) is 0 Å². The molecular weight excluding hydrogens is 207 g/mol. The van der Waals surface area contributed by atoms with Gasteiger partial charge in [-0.05, 0) is 11.5 Å². The lowest BCUT2D eigenvalue weighted by Gasteiger charge is -1.90. The fourth-order valence-corrected chi connectivity index (χ4v) is 2.05. The van der Waals surface area contributed by atoms with Gasteiger partial charge in [0.2, 0.25) is 0 Å². The van der Waals surface area contributed by atoms with E-state index in [2.05, 4.69) is 4.74 Å². The van der Waals surface area contributed by atoms with Gasteiger partial charge >= 0.3 is 6.16 Å². The summed E-state index contributed by atoms with van der Waals surface area (Å²) in [5, 5.41) is 9.18. The molecule has 2 rings (SSSR count). The first-order valence-electron chi connectivity index (χ1n) is 3.75. The highest BCUT2D eigenvalue weighted by atomic mass is 32.1. The predicted octanol–water partition coefficient (Wildman–Crippen LogP) is 3.10. The minimum absolute atomic E-state index is 0.178. The van der Waals surface area contributed by atoms with Crippen LogP contribution in [-0.4, -0.2) is 11.3 Å². The zero-order chi connectivity index (χ0) is 10.1. The van der Waals surface area contributed by atoms with Crippen molar-refractivity contribution < 1.29 is 19.0 Å². The third kappa shape index (κ3) is 1.54. The maximum absolute atomic E-state index is 13.1. The molecule has 1 heterocycles. The van der Waals surface area contributed by atoms with Crippen LogP contribution in [0.1, 0.15) is 0 Å². The smallest absolute Gasteiger partial charge is 0.449 e. The van der Waals surface area contributed by atoms with Gasteiger partial charge in [-0.2, -0.15) is 0 Å². The Labute approximate surface area is 82.4 Å². The number of ether oxygens (including phenoxy) is 1. The van der Waals surface area contributed by atoms with Crippen LogP contribution >= 0.6 is 11.3 Å². The fourth-order valence-electron chi connectivity index (χ4n) is 1.14. The lowest BCUT2D eigenvalue weighted by molar-refractivity contribution is 0.146. The normalized spacial score (nSPS) is 10.4. The molecule has 0 atom stereocenters. The number of hydrogen-bond donors (Lipinski definition) is 1. The summed E-state index contributed by atoms with van der Waals surface area (Å²) in [5.41, 5.74) is 0. The van der Waals surface area contributed by atoms with E-state index < -0.39 is 6.16 Å². The second-order valence-corrected chi connectivity index (χ2v) is 3.61. The Kier molecular flexibility index (Phi) is 2.09.